The third kappa shape index (κ3) is 3.28. The molecule has 38 heavy (non-hydrogen) atoms. The van der Waals surface area contributed by atoms with Gasteiger partial charge in [0, 0.05) is 24.6 Å². The minimum Gasteiger partial charge on any atom is -0.510 e. The van der Waals surface area contributed by atoms with Gasteiger partial charge in [0.2, 0.25) is 5.78 Å². The van der Waals surface area contributed by atoms with Crippen molar-refractivity contribution in [2.24, 2.45) is 17.6 Å². The van der Waals surface area contributed by atoms with Crippen LogP contribution in [0.25, 0.3) is 0 Å². The van der Waals surface area contributed by atoms with Crippen molar-refractivity contribution in [2.45, 2.75) is 49.9 Å². The van der Waals surface area contributed by atoms with E-state index in [0.29, 0.717) is 24.3 Å². The Morgan fingerprint density at radius 1 is 1.11 bits per heavy atom. The topological polar surface area (TPSA) is 185 Å². The number of nitrogens with zero attached hydrogens (tertiary/aromatic N) is 2. The third-order valence-corrected chi connectivity index (χ3v) is 8.81. The van der Waals surface area contributed by atoms with Crippen LogP contribution in [0.5, 0.6) is 5.75 Å². The van der Waals surface area contributed by atoms with Crippen LogP contribution in [0.1, 0.15) is 48.0 Å². The van der Waals surface area contributed by atoms with E-state index >= 15 is 0 Å². The first kappa shape index (κ1) is 26.2. The van der Waals surface area contributed by atoms with Crippen molar-refractivity contribution in [3.05, 3.63) is 45.9 Å². The summed E-state index contributed by atoms with van der Waals surface area (Å²) in [7, 11) is 3.01. The van der Waals surface area contributed by atoms with Gasteiger partial charge in [-0.2, -0.15) is 0 Å². The summed E-state index contributed by atoms with van der Waals surface area (Å²) in [5, 5.41) is 57.0. The number of carbonyl (C=O) groups excluding carboxylic acids is 3. The number of nitrogens with two attached hydrogens (primary N) is 1. The Kier molecular flexibility index (Phi) is 6.08. The Morgan fingerprint density at radius 3 is 2.32 bits per heavy atom. The minimum absolute atomic E-state index is 0.0615. The standard InChI is InChI=1S/C27H33N3O8/c1-11-12-7-8-13(30-9-5-4-6-10-30)20(31)15(12)21(32)16-14(11)22(33)18-19(29(2)3)23(34)17(26(28)37)25(36)27(18,38)24(16)35/h7-8,11,14,18-19,22,31,33-35,38H,4-6,9-10H2,1-3H3,(H2,28,37). The molecular weight excluding hydrogens is 494 g/mol. The van der Waals surface area contributed by atoms with Crippen LogP contribution in [0, 0.1) is 11.8 Å². The van der Waals surface area contributed by atoms with Crippen LogP contribution in [0.2, 0.25) is 0 Å². The number of hydrogen-bond donors (Lipinski definition) is 6. The number of benzene rings is 1. The highest BCUT2D eigenvalue weighted by Crippen LogP contribution is 2.56. The van der Waals surface area contributed by atoms with Crippen molar-refractivity contribution in [1.82, 2.24) is 4.90 Å². The highest BCUT2D eigenvalue weighted by molar-refractivity contribution is 6.25. The normalized spacial score (nSPS) is 33.3. The number of anilines is 1. The average Bonchev–Trinajstić information content (AvgIpc) is 2.86. The lowest BCUT2D eigenvalue weighted by molar-refractivity contribution is -0.162. The molecule has 0 aromatic heterocycles. The average molecular weight is 528 g/mol. The lowest BCUT2D eigenvalue weighted by Crippen LogP contribution is -2.68. The van der Waals surface area contributed by atoms with E-state index in [1.165, 1.54) is 19.0 Å². The Morgan fingerprint density at radius 2 is 1.74 bits per heavy atom. The number of aromatic hydroxyl groups is 1. The minimum atomic E-state index is -2.91. The van der Waals surface area contributed by atoms with Crippen LogP contribution >= 0.6 is 0 Å². The number of piperidine rings is 1. The summed E-state index contributed by atoms with van der Waals surface area (Å²) in [6, 6.07) is 2.18. The number of carbonyl (C=O) groups is 3. The third-order valence-electron chi connectivity index (χ3n) is 8.81. The number of phenols is 1. The summed E-state index contributed by atoms with van der Waals surface area (Å²) in [5.74, 6) is -8.76. The number of primary amides is 1. The Hall–Kier alpha value is -3.41. The zero-order valence-electron chi connectivity index (χ0n) is 21.5. The number of amides is 1. The number of ketones is 2. The molecule has 1 saturated heterocycles. The molecule has 204 valence electrons. The van der Waals surface area contributed by atoms with Gasteiger partial charge in [-0.1, -0.05) is 13.0 Å². The summed E-state index contributed by atoms with van der Waals surface area (Å²) in [6.07, 6.45) is 1.34. The number of aliphatic hydroxyl groups is 4. The molecule has 3 aliphatic carbocycles. The van der Waals surface area contributed by atoms with Gasteiger partial charge >= 0.3 is 0 Å². The molecule has 1 aromatic rings. The molecule has 1 heterocycles. The lowest BCUT2D eigenvalue weighted by atomic mass is 9.55. The van der Waals surface area contributed by atoms with Gasteiger partial charge in [-0.3, -0.25) is 19.3 Å². The molecule has 1 amide bonds. The number of aliphatic hydroxyl groups excluding tert-OH is 3. The fraction of sp³-hybridized carbons (Fsp3) is 0.519. The van der Waals surface area contributed by atoms with Crippen molar-refractivity contribution < 1.29 is 39.9 Å². The Labute approximate surface area is 219 Å². The van der Waals surface area contributed by atoms with Crippen LogP contribution in [0.3, 0.4) is 0 Å². The van der Waals surface area contributed by atoms with Crippen molar-refractivity contribution in [2.75, 3.05) is 32.1 Å². The van der Waals surface area contributed by atoms with Crippen LogP contribution in [-0.4, -0.2) is 92.8 Å². The van der Waals surface area contributed by atoms with E-state index in [4.69, 9.17) is 5.73 Å². The zero-order valence-corrected chi connectivity index (χ0v) is 21.5. The predicted octanol–water partition coefficient (Wildman–Crippen LogP) is 0.643. The second-order valence-electron chi connectivity index (χ2n) is 11.0. The molecular formula is C27H33N3O8. The van der Waals surface area contributed by atoms with Crippen molar-refractivity contribution in [3.63, 3.8) is 0 Å². The van der Waals surface area contributed by atoms with Crippen molar-refractivity contribution >= 4 is 23.2 Å². The molecule has 11 nitrogen and oxygen atoms in total. The first-order chi connectivity index (χ1) is 17.8. The summed E-state index contributed by atoms with van der Waals surface area (Å²) < 4.78 is 0. The fourth-order valence-electron chi connectivity index (χ4n) is 7.00. The number of Topliss-reactive ketones (excluding diaryl/α,β-unsaturated/α-hetero) is 2. The van der Waals surface area contributed by atoms with E-state index in [1.54, 1.807) is 19.1 Å². The molecule has 1 aliphatic heterocycles. The zero-order chi connectivity index (χ0) is 27.8. The van der Waals surface area contributed by atoms with Gasteiger partial charge in [0.15, 0.2) is 11.4 Å². The Balaban J connectivity index is 1.73. The molecule has 6 unspecified atom stereocenters. The summed E-state index contributed by atoms with van der Waals surface area (Å²) in [6.45, 7) is 3.13. The Bertz CT molecular complexity index is 1310. The molecule has 0 radical (unpaired) electrons. The van der Waals surface area contributed by atoms with Crippen molar-refractivity contribution in [1.29, 1.82) is 0 Å². The van der Waals surface area contributed by atoms with Crippen LogP contribution < -0.4 is 10.6 Å². The predicted molar refractivity (Wildman–Crippen MR) is 136 cm³/mol. The molecule has 0 saturated carbocycles. The van der Waals surface area contributed by atoms with E-state index in [9.17, 15) is 39.9 Å². The molecule has 11 heteroatoms. The SMILES string of the molecule is CC1c2ccc(N3CCCCC3)c(O)c2C(=O)C2=C(O)C3(O)C(=O)C(C(N)=O)=C(O)C(N(C)C)C3C(O)C21. The second-order valence-corrected chi connectivity index (χ2v) is 11.0. The smallest absolute Gasteiger partial charge is 0.255 e. The summed E-state index contributed by atoms with van der Waals surface area (Å²) in [4.78, 5) is 42.9. The molecule has 0 spiro atoms. The van der Waals surface area contributed by atoms with E-state index in [-0.39, 0.29) is 11.3 Å². The van der Waals surface area contributed by atoms with E-state index in [0.717, 1.165) is 19.3 Å². The van der Waals surface area contributed by atoms with Crippen LogP contribution in [0.15, 0.2) is 34.8 Å². The molecule has 0 bridgehead atoms. The molecule has 5 rings (SSSR count). The maximum atomic E-state index is 13.9. The molecule has 1 aromatic carbocycles. The van der Waals surface area contributed by atoms with Gasteiger partial charge in [0.05, 0.1) is 29.3 Å². The summed E-state index contributed by atoms with van der Waals surface area (Å²) >= 11 is 0. The highest BCUT2D eigenvalue weighted by atomic mass is 16.4. The first-order valence-corrected chi connectivity index (χ1v) is 12.8. The van der Waals surface area contributed by atoms with Gasteiger partial charge < -0.3 is 36.2 Å². The number of fused-ring (bicyclic) bond motifs is 3. The maximum absolute atomic E-state index is 13.9. The lowest BCUT2D eigenvalue weighted by Gasteiger charge is -2.53. The summed E-state index contributed by atoms with van der Waals surface area (Å²) in [5.41, 5.74) is 1.99. The highest BCUT2D eigenvalue weighted by Gasteiger charge is 2.67. The van der Waals surface area contributed by atoms with E-state index < -0.39 is 75.6 Å². The second kappa shape index (κ2) is 8.82. The van der Waals surface area contributed by atoms with Gasteiger partial charge in [0.1, 0.15) is 22.8 Å². The van der Waals surface area contributed by atoms with Crippen LogP contribution in [-0.2, 0) is 9.59 Å². The first-order valence-electron chi connectivity index (χ1n) is 12.8. The van der Waals surface area contributed by atoms with Gasteiger partial charge in [0.25, 0.3) is 5.91 Å². The van der Waals surface area contributed by atoms with Crippen LogP contribution in [0.4, 0.5) is 5.69 Å². The fourth-order valence-corrected chi connectivity index (χ4v) is 7.00. The quantitative estimate of drug-likeness (QED) is 0.305. The largest absolute Gasteiger partial charge is 0.510 e. The molecule has 4 aliphatic rings. The maximum Gasteiger partial charge on any atom is 0.255 e. The monoisotopic (exact) mass is 527 g/mol. The molecule has 6 atom stereocenters. The number of rotatable bonds is 3. The van der Waals surface area contributed by atoms with Gasteiger partial charge in [-0.15, -0.1) is 0 Å². The van der Waals surface area contributed by atoms with E-state index in [1.807, 2.05) is 4.90 Å². The molecule has 7 N–H and O–H groups in total. The number of likely N-dealkylation sites (N-methyl/N-ethyl adjacent to an activating group) is 1. The van der Waals surface area contributed by atoms with E-state index in [2.05, 4.69) is 0 Å². The molecule has 1 fully saturated rings. The number of hydrogen-bond acceptors (Lipinski definition) is 10. The van der Waals surface area contributed by atoms with Gasteiger partial charge in [-0.25, -0.2) is 0 Å². The number of phenolic OH excluding ortho intramolecular Hbond substituents is 1. The van der Waals surface area contributed by atoms with Crippen molar-refractivity contribution in [3.8, 4) is 5.75 Å². The van der Waals surface area contributed by atoms with Gasteiger partial charge in [-0.05, 0) is 50.9 Å².